The largest absolute Gasteiger partial charge is 0.497 e. The number of hydrogen-bond acceptors (Lipinski definition) is 5. The third kappa shape index (κ3) is 5.18. The molecule has 0 bridgehead atoms. The van der Waals surface area contributed by atoms with Crippen LogP contribution in [0.3, 0.4) is 0 Å². The molecule has 2 aromatic rings. The number of carbonyl (C=O) groups excluding carboxylic acids is 1. The number of benzene rings is 1. The third-order valence-corrected chi connectivity index (χ3v) is 4.72. The lowest BCUT2D eigenvalue weighted by Gasteiger charge is -2.16. The van der Waals surface area contributed by atoms with E-state index in [2.05, 4.69) is 20.6 Å². The Morgan fingerprint density at radius 3 is 2.54 bits per heavy atom. The van der Waals surface area contributed by atoms with Crippen molar-refractivity contribution in [3.63, 3.8) is 0 Å². The Balaban J connectivity index is 1.57. The molecule has 0 saturated heterocycles. The van der Waals surface area contributed by atoms with E-state index in [0.29, 0.717) is 18.1 Å². The second kappa shape index (κ2) is 9.17. The summed E-state index contributed by atoms with van der Waals surface area (Å²) in [6.45, 7) is 0.616. The highest BCUT2D eigenvalue weighted by atomic mass is 16.5. The molecule has 1 fully saturated rings. The number of carbonyl (C=O) groups is 1. The van der Waals surface area contributed by atoms with Gasteiger partial charge in [-0.1, -0.05) is 37.8 Å². The van der Waals surface area contributed by atoms with Gasteiger partial charge in [0.2, 0.25) is 0 Å². The highest BCUT2D eigenvalue weighted by Gasteiger charge is 2.17. The molecule has 1 heterocycles. The molecule has 0 spiro atoms. The van der Waals surface area contributed by atoms with Crippen molar-refractivity contribution in [2.24, 2.45) is 0 Å². The zero-order valence-electron chi connectivity index (χ0n) is 15.2. The van der Waals surface area contributed by atoms with Crippen LogP contribution in [0.4, 0.5) is 5.82 Å². The van der Waals surface area contributed by atoms with E-state index < -0.39 is 0 Å². The van der Waals surface area contributed by atoms with Crippen molar-refractivity contribution in [3.8, 4) is 5.75 Å². The molecule has 1 saturated carbocycles. The molecule has 0 atom stereocenters. The maximum atomic E-state index is 12.5. The summed E-state index contributed by atoms with van der Waals surface area (Å²) in [6, 6.07) is 9.79. The summed E-state index contributed by atoms with van der Waals surface area (Å²) in [6.07, 6.45) is 8.43. The van der Waals surface area contributed by atoms with Gasteiger partial charge < -0.3 is 15.4 Å². The molecule has 3 rings (SSSR count). The summed E-state index contributed by atoms with van der Waals surface area (Å²) in [5, 5.41) is 6.35. The molecule has 26 heavy (non-hydrogen) atoms. The van der Waals surface area contributed by atoms with E-state index in [9.17, 15) is 4.79 Å². The molecule has 1 aromatic carbocycles. The molecule has 6 nitrogen and oxygen atoms in total. The Labute approximate surface area is 154 Å². The fourth-order valence-electron chi connectivity index (χ4n) is 3.20. The van der Waals surface area contributed by atoms with Gasteiger partial charge in [0.25, 0.3) is 5.91 Å². The van der Waals surface area contributed by atoms with Gasteiger partial charge in [-0.2, -0.15) is 0 Å². The number of anilines is 1. The number of ether oxygens (including phenoxy) is 1. The molecule has 0 unspecified atom stereocenters. The molecular weight excluding hydrogens is 328 g/mol. The van der Waals surface area contributed by atoms with E-state index in [1.165, 1.54) is 32.0 Å². The molecule has 1 amide bonds. The Hall–Kier alpha value is -2.63. The van der Waals surface area contributed by atoms with Gasteiger partial charge in [0, 0.05) is 18.7 Å². The fraction of sp³-hybridized carbons (Fsp3) is 0.450. The molecule has 1 aliphatic carbocycles. The number of hydrogen-bond donors (Lipinski definition) is 2. The van der Waals surface area contributed by atoms with E-state index in [1.54, 1.807) is 13.2 Å². The summed E-state index contributed by atoms with van der Waals surface area (Å²) in [4.78, 5) is 20.8. The van der Waals surface area contributed by atoms with Crippen LogP contribution in [0.15, 0.2) is 36.7 Å². The zero-order chi connectivity index (χ0) is 18.2. The lowest BCUT2D eigenvalue weighted by Crippen LogP contribution is -2.34. The third-order valence-electron chi connectivity index (χ3n) is 4.72. The van der Waals surface area contributed by atoms with Crippen molar-refractivity contribution in [2.75, 3.05) is 12.4 Å². The molecule has 2 N–H and O–H groups in total. The highest BCUT2D eigenvalue weighted by Crippen LogP contribution is 2.18. The summed E-state index contributed by atoms with van der Waals surface area (Å²) >= 11 is 0. The average Bonchev–Trinajstić information content (AvgIpc) is 2.95. The standard InChI is InChI=1S/C20H26N4O2/c1-26-17-10-8-15(9-11-17)13-21-19-12-18(22-14-23-19)20(25)24-16-6-4-2-3-5-7-16/h8-12,14,16H,2-7,13H2,1H3,(H,24,25)(H,21,22,23). The van der Waals surface area contributed by atoms with Crippen molar-refractivity contribution >= 4 is 11.7 Å². The summed E-state index contributed by atoms with van der Waals surface area (Å²) in [7, 11) is 1.65. The molecule has 138 valence electrons. The van der Waals surface area contributed by atoms with Crippen LogP contribution in [0.25, 0.3) is 0 Å². The Bertz CT molecular complexity index is 710. The first-order chi connectivity index (χ1) is 12.7. The first kappa shape index (κ1) is 18.2. The topological polar surface area (TPSA) is 76.1 Å². The number of rotatable bonds is 6. The average molecular weight is 354 g/mol. The van der Waals surface area contributed by atoms with Crippen LogP contribution in [-0.2, 0) is 6.54 Å². The second-order valence-corrected chi connectivity index (χ2v) is 6.65. The van der Waals surface area contributed by atoms with E-state index >= 15 is 0 Å². The van der Waals surface area contributed by atoms with E-state index in [1.807, 2.05) is 24.3 Å². The van der Waals surface area contributed by atoms with Crippen molar-refractivity contribution in [1.29, 1.82) is 0 Å². The Morgan fingerprint density at radius 1 is 1.12 bits per heavy atom. The van der Waals surface area contributed by atoms with Crippen molar-refractivity contribution in [2.45, 2.75) is 51.1 Å². The lowest BCUT2D eigenvalue weighted by molar-refractivity contribution is 0.0928. The van der Waals surface area contributed by atoms with E-state index in [0.717, 1.165) is 24.2 Å². The number of aromatic nitrogens is 2. The minimum Gasteiger partial charge on any atom is -0.497 e. The van der Waals surface area contributed by atoms with Crippen LogP contribution < -0.4 is 15.4 Å². The monoisotopic (exact) mass is 354 g/mol. The highest BCUT2D eigenvalue weighted by molar-refractivity contribution is 5.93. The minimum atomic E-state index is -0.119. The predicted octanol–water partition coefficient (Wildman–Crippen LogP) is 3.55. The van der Waals surface area contributed by atoms with Gasteiger partial charge in [0.1, 0.15) is 23.6 Å². The first-order valence-corrected chi connectivity index (χ1v) is 9.24. The van der Waals surface area contributed by atoms with Gasteiger partial charge >= 0.3 is 0 Å². The normalized spacial score (nSPS) is 15.1. The quantitative estimate of drug-likeness (QED) is 0.776. The molecule has 0 radical (unpaired) electrons. The fourth-order valence-corrected chi connectivity index (χ4v) is 3.20. The van der Waals surface area contributed by atoms with Crippen LogP contribution in [0.5, 0.6) is 5.75 Å². The molecule has 0 aliphatic heterocycles. The molecule has 1 aliphatic rings. The van der Waals surface area contributed by atoms with Crippen molar-refractivity contribution in [1.82, 2.24) is 15.3 Å². The predicted molar refractivity (Wildman–Crippen MR) is 101 cm³/mol. The van der Waals surface area contributed by atoms with Gasteiger partial charge in [-0.15, -0.1) is 0 Å². The second-order valence-electron chi connectivity index (χ2n) is 6.65. The Morgan fingerprint density at radius 2 is 1.85 bits per heavy atom. The van der Waals surface area contributed by atoms with Gasteiger partial charge in [-0.05, 0) is 30.5 Å². The van der Waals surface area contributed by atoms with Crippen LogP contribution in [0.1, 0.15) is 54.6 Å². The van der Waals surface area contributed by atoms with Crippen LogP contribution >= 0.6 is 0 Å². The van der Waals surface area contributed by atoms with Crippen LogP contribution in [0.2, 0.25) is 0 Å². The van der Waals surface area contributed by atoms with Gasteiger partial charge in [0.05, 0.1) is 7.11 Å². The SMILES string of the molecule is COc1ccc(CNc2cc(C(=O)NC3CCCCCC3)ncn2)cc1. The van der Waals surface area contributed by atoms with E-state index in [4.69, 9.17) is 4.74 Å². The number of amides is 1. The van der Waals surface area contributed by atoms with Crippen molar-refractivity contribution < 1.29 is 9.53 Å². The van der Waals surface area contributed by atoms with E-state index in [-0.39, 0.29) is 11.9 Å². The Kier molecular flexibility index (Phi) is 6.41. The molecular formula is C20H26N4O2. The smallest absolute Gasteiger partial charge is 0.270 e. The molecule has 1 aromatic heterocycles. The molecule has 6 heteroatoms. The number of methoxy groups -OCH3 is 1. The maximum Gasteiger partial charge on any atom is 0.270 e. The summed E-state index contributed by atoms with van der Waals surface area (Å²) < 4.78 is 5.16. The van der Waals surface area contributed by atoms with Gasteiger partial charge in [-0.3, -0.25) is 4.79 Å². The lowest BCUT2D eigenvalue weighted by atomic mass is 10.1. The number of nitrogens with zero attached hydrogens (tertiary/aromatic N) is 2. The van der Waals surface area contributed by atoms with Crippen molar-refractivity contribution in [3.05, 3.63) is 47.9 Å². The van der Waals surface area contributed by atoms with Gasteiger partial charge in [-0.25, -0.2) is 9.97 Å². The summed E-state index contributed by atoms with van der Waals surface area (Å²) in [5.74, 6) is 1.35. The zero-order valence-corrected chi connectivity index (χ0v) is 15.2. The summed E-state index contributed by atoms with van der Waals surface area (Å²) in [5.41, 5.74) is 1.51. The minimum absolute atomic E-state index is 0.119. The maximum absolute atomic E-state index is 12.5. The van der Waals surface area contributed by atoms with Crippen LogP contribution in [-0.4, -0.2) is 29.0 Å². The van der Waals surface area contributed by atoms with Gasteiger partial charge in [0.15, 0.2) is 0 Å². The number of nitrogens with one attached hydrogen (secondary N) is 2. The van der Waals surface area contributed by atoms with Crippen LogP contribution in [0, 0.1) is 0 Å². The first-order valence-electron chi connectivity index (χ1n) is 9.24.